The van der Waals surface area contributed by atoms with Gasteiger partial charge in [0.2, 0.25) is 0 Å². The first-order valence-corrected chi connectivity index (χ1v) is 7.00. The first kappa shape index (κ1) is 14.0. The van der Waals surface area contributed by atoms with Gasteiger partial charge in [-0.15, -0.1) is 0 Å². The molecule has 0 aromatic heterocycles. The fourth-order valence-electron chi connectivity index (χ4n) is 2.54. The molecule has 0 bridgehead atoms. The molecular weight excluding hydrogens is 234 g/mol. The monoisotopic (exact) mass is 257 g/mol. The smallest absolute Gasteiger partial charge is 0.0471 e. The van der Waals surface area contributed by atoms with Crippen LogP contribution < -0.4 is 0 Å². The van der Waals surface area contributed by atoms with Crippen LogP contribution in [0.2, 0.25) is 0 Å². The molecular formula is C17H23NO. The summed E-state index contributed by atoms with van der Waals surface area (Å²) in [6.45, 7) is 4.27. The normalized spacial score (nSPS) is 13.1. The average molecular weight is 257 g/mol. The van der Waals surface area contributed by atoms with E-state index >= 15 is 0 Å². The summed E-state index contributed by atoms with van der Waals surface area (Å²) in [6.07, 6.45) is 1.02. The van der Waals surface area contributed by atoms with E-state index in [-0.39, 0.29) is 6.61 Å². The summed E-state index contributed by atoms with van der Waals surface area (Å²) in [6, 6.07) is 15.0. The molecule has 2 aromatic rings. The van der Waals surface area contributed by atoms with Gasteiger partial charge < -0.3 is 10.0 Å². The summed E-state index contributed by atoms with van der Waals surface area (Å²) < 4.78 is 0. The highest BCUT2D eigenvalue weighted by atomic mass is 16.3. The largest absolute Gasteiger partial charge is 0.396 e. The summed E-state index contributed by atoms with van der Waals surface area (Å²) in [4.78, 5) is 2.30. The molecule has 0 amide bonds. The maximum atomic E-state index is 9.29. The predicted octanol–water partition coefficient (Wildman–Crippen LogP) is 3.29. The zero-order valence-electron chi connectivity index (χ0n) is 11.8. The Bertz CT molecular complexity index is 514. The van der Waals surface area contributed by atoms with Crippen molar-refractivity contribution in [2.75, 3.05) is 20.2 Å². The maximum Gasteiger partial charge on any atom is 0.0471 e. The van der Waals surface area contributed by atoms with E-state index in [0.29, 0.717) is 5.92 Å². The molecule has 0 saturated carbocycles. The Morgan fingerprint density at radius 2 is 1.84 bits per heavy atom. The number of aliphatic hydroxyl groups excluding tert-OH is 1. The Hall–Kier alpha value is -1.38. The Balaban J connectivity index is 2.12. The zero-order valence-corrected chi connectivity index (χ0v) is 11.8. The van der Waals surface area contributed by atoms with Crippen LogP contribution in [0.5, 0.6) is 0 Å². The maximum absolute atomic E-state index is 9.29. The first-order chi connectivity index (χ1) is 9.24. The average Bonchev–Trinajstić information content (AvgIpc) is 2.45. The number of nitrogens with zero attached hydrogens (tertiary/aromatic N) is 1. The molecule has 0 spiro atoms. The molecule has 2 aromatic carbocycles. The third kappa shape index (κ3) is 3.55. The van der Waals surface area contributed by atoms with Crippen LogP contribution in [0.1, 0.15) is 18.9 Å². The van der Waals surface area contributed by atoms with Crippen molar-refractivity contribution in [1.82, 2.24) is 4.90 Å². The highest BCUT2D eigenvalue weighted by molar-refractivity contribution is 5.85. The van der Waals surface area contributed by atoms with Crippen LogP contribution in [-0.2, 0) is 6.54 Å². The number of rotatable bonds is 6. The van der Waals surface area contributed by atoms with Gasteiger partial charge in [0.05, 0.1) is 0 Å². The van der Waals surface area contributed by atoms with Crippen LogP contribution in [-0.4, -0.2) is 30.2 Å². The summed E-state index contributed by atoms with van der Waals surface area (Å²) in [7, 11) is 2.13. The molecule has 102 valence electrons. The molecule has 1 unspecified atom stereocenters. The van der Waals surface area contributed by atoms with Crippen molar-refractivity contribution < 1.29 is 5.11 Å². The van der Waals surface area contributed by atoms with Crippen LogP contribution in [0.3, 0.4) is 0 Å². The van der Waals surface area contributed by atoms with Crippen LogP contribution in [0.15, 0.2) is 42.5 Å². The second kappa shape index (κ2) is 6.69. The van der Waals surface area contributed by atoms with E-state index in [1.54, 1.807) is 0 Å². The van der Waals surface area contributed by atoms with Gasteiger partial charge in [-0.25, -0.2) is 0 Å². The van der Waals surface area contributed by atoms with Crippen LogP contribution in [0.4, 0.5) is 0 Å². The molecule has 0 radical (unpaired) electrons. The Kier molecular flexibility index (Phi) is 4.94. The molecule has 2 nitrogen and oxygen atoms in total. The highest BCUT2D eigenvalue weighted by Crippen LogP contribution is 2.20. The van der Waals surface area contributed by atoms with E-state index in [2.05, 4.69) is 61.3 Å². The Labute approximate surface area is 115 Å². The first-order valence-electron chi connectivity index (χ1n) is 7.00. The summed E-state index contributed by atoms with van der Waals surface area (Å²) in [5.41, 5.74) is 1.35. The lowest BCUT2D eigenvalue weighted by molar-refractivity contribution is 0.173. The van der Waals surface area contributed by atoms with Crippen molar-refractivity contribution in [3.8, 4) is 0 Å². The number of hydrogen-bond donors (Lipinski definition) is 1. The number of hydrogen-bond acceptors (Lipinski definition) is 2. The van der Waals surface area contributed by atoms with Crippen molar-refractivity contribution >= 4 is 10.8 Å². The summed E-state index contributed by atoms with van der Waals surface area (Å²) in [5, 5.41) is 11.9. The lowest BCUT2D eigenvalue weighted by atomic mass is 10.0. The summed E-state index contributed by atoms with van der Waals surface area (Å²) >= 11 is 0. The predicted molar refractivity (Wildman–Crippen MR) is 81.1 cm³/mol. The highest BCUT2D eigenvalue weighted by Gasteiger charge is 2.10. The van der Waals surface area contributed by atoms with Gasteiger partial charge in [0.1, 0.15) is 0 Å². The standard InChI is InChI=1S/C17H23NO/c1-3-14(13-19)11-18(2)12-16-9-6-8-15-7-4-5-10-17(15)16/h4-10,14,19H,3,11-13H2,1-2H3. The summed E-state index contributed by atoms with van der Waals surface area (Å²) in [5.74, 6) is 0.375. The number of aliphatic hydroxyl groups is 1. The molecule has 0 aliphatic carbocycles. The molecule has 2 rings (SSSR count). The van der Waals surface area contributed by atoms with Gasteiger partial charge in [-0.2, -0.15) is 0 Å². The van der Waals surface area contributed by atoms with E-state index in [4.69, 9.17) is 0 Å². The van der Waals surface area contributed by atoms with Gasteiger partial charge in [-0.3, -0.25) is 0 Å². The zero-order chi connectivity index (χ0) is 13.7. The molecule has 0 fully saturated rings. The molecule has 19 heavy (non-hydrogen) atoms. The Morgan fingerprint density at radius 1 is 1.11 bits per heavy atom. The van der Waals surface area contributed by atoms with Gasteiger partial charge in [0, 0.05) is 19.7 Å². The van der Waals surface area contributed by atoms with Crippen molar-refractivity contribution in [1.29, 1.82) is 0 Å². The molecule has 0 aliphatic heterocycles. The second-order valence-corrected chi connectivity index (χ2v) is 5.29. The van der Waals surface area contributed by atoms with Crippen molar-refractivity contribution in [3.63, 3.8) is 0 Å². The van der Waals surface area contributed by atoms with Gasteiger partial charge in [0.15, 0.2) is 0 Å². The number of benzene rings is 2. The van der Waals surface area contributed by atoms with Crippen molar-refractivity contribution in [2.24, 2.45) is 5.92 Å². The third-order valence-corrected chi connectivity index (χ3v) is 3.73. The van der Waals surface area contributed by atoms with Crippen LogP contribution in [0.25, 0.3) is 10.8 Å². The molecule has 1 N–H and O–H groups in total. The fourth-order valence-corrected chi connectivity index (χ4v) is 2.54. The van der Waals surface area contributed by atoms with Gasteiger partial charge in [0.25, 0.3) is 0 Å². The van der Waals surface area contributed by atoms with Crippen LogP contribution in [0, 0.1) is 5.92 Å². The van der Waals surface area contributed by atoms with E-state index < -0.39 is 0 Å². The van der Waals surface area contributed by atoms with Crippen LogP contribution >= 0.6 is 0 Å². The van der Waals surface area contributed by atoms with Crippen molar-refractivity contribution in [2.45, 2.75) is 19.9 Å². The van der Waals surface area contributed by atoms with Gasteiger partial charge >= 0.3 is 0 Å². The van der Waals surface area contributed by atoms with E-state index in [9.17, 15) is 5.11 Å². The molecule has 0 heterocycles. The second-order valence-electron chi connectivity index (χ2n) is 5.29. The van der Waals surface area contributed by atoms with Crippen molar-refractivity contribution in [3.05, 3.63) is 48.0 Å². The minimum absolute atomic E-state index is 0.274. The topological polar surface area (TPSA) is 23.5 Å². The molecule has 0 aliphatic rings. The van der Waals surface area contributed by atoms with E-state index in [1.165, 1.54) is 16.3 Å². The fraction of sp³-hybridized carbons (Fsp3) is 0.412. The lowest BCUT2D eigenvalue weighted by Gasteiger charge is -2.22. The van der Waals surface area contributed by atoms with Gasteiger partial charge in [-0.05, 0) is 35.7 Å². The Morgan fingerprint density at radius 3 is 2.58 bits per heavy atom. The van der Waals surface area contributed by atoms with E-state index in [1.807, 2.05) is 0 Å². The van der Waals surface area contributed by atoms with E-state index in [0.717, 1.165) is 19.5 Å². The number of fused-ring (bicyclic) bond motifs is 1. The SMILES string of the molecule is CCC(CO)CN(C)Cc1cccc2ccccc12. The molecule has 2 heteroatoms. The molecule has 0 saturated heterocycles. The molecule has 1 atom stereocenters. The minimum atomic E-state index is 0.274. The third-order valence-electron chi connectivity index (χ3n) is 3.73. The van der Waals surface area contributed by atoms with Gasteiger partial charge in [-0.1, -0.05) is 49.4 Å². The minimum Gasteiger partial charge on any atom is -0.396 e. The quantitative estimate of drug-likeness (QED) is 0.858. The lowest BCUT2D eigenvalue weighted by Crippen LogP contribution is -2.27.